The first kappa shape index (κ1) is 13.6. The van der Waals surface area contributed by atoms with E-state index in [-0.39, 0.29) is 5.91 Å². The predicted molar refractivity (Wildman–Crippen MR) is 79.9 cm³/mol. The van der Waals surface area contributed by atoms with Crippen LogP contribution in [0.3, 0.4) is 0 Å². The topological polar surface area (TPSA) is 42.0 Å². The Morgan fingerprint density at radius 3 is 2.74 bits per heavy atom. The fourth-order valence-corrected chi connectivity index (χ4v) is 2.35. The minimum absolute atomic E-state index is 0.119. The van der Waals surface area contributed by atoms with E-state index in [2.05, 4.69) is 10.3 Å². The second-order valence-electron chi connectivity index (χ2n) is 4.26. The molecule has 0 aliphatic carbocycles. The lowest BCUT2D eigenvalue weighted by Gasteiger charge is -2.11. The van der Waals surface area contributed by atoms with E-state index in [1.807, 2.05) is 38.3 Å². The van der Waals surface area contributed by atoms with Gasteiger partial charge in [-0.2, -0.15) is 0 Å². The average molecular weight is 272 g/mol. The van der Waals surface area contributed by atoms with Gasteiger partial charge in [-0.15, -0.1) is 11.8 Å². The smallest absolute Gasteiger partial charge is 0.258 e. The molecule has 2 aromatic rings. The van der Waals surface area contributed by atoms with Gasteiger partial charge in [0.05, 0.1) is 5.56 Å². The summed E-state index contributed by atoms with van der Waals surface area (Å²) >= 11 is 1.47. The molecule has 19 heavy (non-hydrogen) atoms. The van der Waals surface area contributed by atoms with Crippen LogP contribution in [-0.4, -0.2) is 17.1 Å². The highest BCUT2D eigenvalue weighted by molar-refractivity contribution is 7.98. The van der Waals surface area contributed by atoms with Crippen molar-refractivity contribution in [3.05, 3.63) is 53.2 Å². The van der Waals surface area contributed by atoms with Crippen molar-refractivity contribution in [2.75, 3.05) is 11.6 Å². The van der Waals surface area contributed by atoms with Crippen LogP contribution in [0.2, 0.25) is 0 Å². The van der Waals surface area contributed by atoms with Crippen LogP contribution in [0.5, 0.6) is 0 Å². The van der Waals surface area contributed by atoms with Crippen molar-refractivity contribution in [3.63, 3.8) is 0 Å². The maximum Gasteiger partial charge on any atom is 0.258 e. The summed E-state index contributed by atoms with van der Waals surface area (Å²) in [5, 5.41) is 3.69. The van der Waals surface area contributed by atoms with Gasteiger partial charge in [-0.1, -0.05) is 12.1 Å². The van der Waals surface area contributed by atoms with Crippen molar-refractivity contribution < 1.29 is 4.79 Å². The number of thioether (sulfide) groups is 1. The Morgan fingerprint density at radius 1 is 1.21 bits per heavy atom. The number of carbonyl (C=O) groups excluding carboxylic acids is 1. The molecular weight excluding hydrogens is 256 g/mol. The van der Waals surface area contributed by atoms with Crippen LogP contribution in [0.4, 0.5) is 5.69 Å². The molecule has 4 heteroatoms. The normalized spacial score (nSPS) is 10.3. The Labute approximate surface area is 117 Å². The quantitative estimate of drug-likeness (QED) is 0.867. The number of nitrogens with zero attached hydrogens (tertiary/aromatic N) is 1. The van der Waals surface area contributed by atoms with Gasteiger partial charge in [-0.25, -0.2) is 4.98 Å². The van der Waals surface area contributed by atoms with Gasteiger partial charge in [0.1, 0.15) is 5.03 Å². The van der Waals surface area contributed by atoms with Crippen molar-refractivity contribution in [2.45, 2.75) is 18.9 Å². The second-order valence-corrected chi connectivity index (χ2v) is 5.06. The van der Waals surface area contributed by atoms with Gasteiger partial charge >= 0.3 is 0 Å². The second kappa shape index (κ2) is 5.89. The Morgan fingerprint density at radius 2 is 2.00 bits per heavy atom. The maximum absolute atomic E-state index is 12.3. The molecule has 0 bridgehead atoms. The molecule has 0 atom stereocenters. The van der Waals surface area contributed by atoms with Gasteiger partial charge in [0.15, 0.2) is 0 Å². The monoisotopic (exact) mass is 272 g/mol. The lowest BCUT2D eigenvalue weighted by molar-refractivity contribution is 0.102. The van der Waals surface area contributed by atoms with Gasteiger partial charge in [0.2, 0.25) is 0 Å². The molecule has 1 aromatic carbocycles. The number of aromatic nitrogens is 1. The average Bonchev–Trinajstić information content (AvgIpc) is 2.43. The largest absolute Gasteiger partial charge is 0.322 e. The number of aryl methyl sites for hydroxylation is 1. The van der Waals surface area contributed by atoms with E-state index in [0.717, 1.165) is 21.8 Å². The summed E-state index contributed by atoms with van der Waals surface area (Å²) in [6.07, 6.45) is 3.61. The maximum atomic E-state index is 12.3. The summed E-state index contributed by atoms with van der Waals surface area (Å²) in [6, 6.07) is 9.45. The molecule has 1 aromatic heterocycles. The number of benzene rings is 1. The van der Waals surface area contributed by atoms with E-state index < -0.39 is 0 Å². The van der Waals surface area contributed by atoms with Gasteiger partial charge in [-0.05, 0) is 49.4 Å². The molecule has 0 radical (unpaired) electrons. The van der Waals surface area contributed by atoms with E-state index in [0.29, 0.717) is 5.56 Å². The molecule has 0 saturated heterocycles. The van der Waals surface area contributed by atoms with Crippen LogP contribution >= 0.6 is 11.8 Å². The molecule has 98 valence electrons. The van der Waals surface area contributed by atoms with Crippen molar-refractivity contribution in [1.29, 1.82) is 0 Å². The highest BCUT2D eigenvalue weighted by Crippen LogP contribution is 2.21. The number of hydrogen-bond donors (Lipinski definition) is 1. The molecule has 3 nitrogen and oxygen atoms in total. The molecule has 0 fully saturated rings. The van der Waals surface area contributed by atoms with Crippen molar-refractivity contribution in [3.8, 4) is 0 Å². The minimum atomic E-state index is -0.119. The molecule has 0 saturated carbocycles. The number of nitrogens with one attached hydrogen (secondary N) is 1. The first-order chi connectivity index (χ1) is 9.13. The lowest BCUT2D eigenvalue weighted by Crippen LogP contribution is -2.14. The number of rotatable bonds is 3. The molecular formula is C15H16N2OS. The number of amides is 1. The molecule has 0 aliphatic rings. The first-order valence-corrected chi connectivity index (χ1v) is 7.22. The summed E-state index contributed by atoms with van der Waals surface area (Å²) in [7, 11) is 0. The zero-order valence-corrected chi connectivity index (χ0v) is 12.0. The molecule has 1 amide bonds. The zero-order valence-electron chi connectivity index (χ0n) is 11.2. The van der Waals surface area contributed by atoms with E-state index >= 15 is 0 Å². The van der Waals surface area contributed by atoms with Gasteiger partial charge in [0, 0.05) is 11.9 Å². The molecule has 2 rings (SSSR count). The number of carbonyl (C=O) groups is 1. The summed E-state index contributed by atoms with van der Waals surface area (Å²) in [5.74, 6) is -0.119. The predicted octanol–water partition coefficient (Wildman–Crippen LogP) is 3.67. The summed E-state index contributed by atoms with van der Waals surface area (Å²) in [4.78, 5) is 16.5. The molecule has 0 spiro atoms. The standard InChI is InChI=1S/C15H16N2OS/c1-10-6-4-8-13(11(10)2)17-14(18)12-7-5-9-16-15(12)19-3/h4-9H,1-3H3,(H,17,18). The Bertz CT molecular complexity index is 611. The highest BCUT2D eigenvalue weighted by Gasteiger charge is 2.12. The fourth-order valence-electron chi connectivity index (χ4n) is 1.80. The number of hydrogen-bond acceptors (Lipinski definition) is 3. The van der Waals surface area contributed by atoms with E-state index in [1.54, 1.807) is 18.3 Å². The van der Waals surface area contributed by atoms with E-state index in [4.69, 9.17) is 0 Å². The van der Waals surface area contributed by atoms with Gasteiger partial charge in [0.25, 0.3) is 5.91 Å². The van der Waals surface area contributed by atoms with Gasteiger partial charge in [-0.3, -0.25) is 4.79 Å². The van der Waals surface area contributed by atoms with Crippen molar-refractivity contribution in [2.24, 2.45) is 0 Å². The molecule has 1 N–H and O–H groups in total. The fraction of sp³-hybridized carbons (Fsp3) is 0.200. The first-order valence-electron chi connectivity index (χ1n) is 6.00. The third-order valence-electron chi connectivity index (χ3n) is 3.06. The van der Waals surface area contributed by atoms with E-state index in [1.165, 1.54) is 11.8 Å². The third-order valence-corrected chi connectivity index (χ3v) is 3.77. The highest BCUT2D eigenvalue weighted by atomic mass is 32.2. The van der Waals surface area contributed by atoms with Crippen LogP contribution in [0, 0.1) is 13.8 Å². The zero-order chi connectivity index (χ0) is 13.8. The SMILES string of the molecule is CSc1ncccc1C(=O)Nc1cccc(C)c1C. The lowest BCUT2D eigenvalue weighted by atomic mass is 10.1. The molecule has 0 unspecified atom stereocenters. The van der Waals surface area contributed by atoms with Crippen LogP contribution in [0.15, 0.2) is 41.6 Å². The number of anilines is 1. The number of pyridine rings is 1. The Kier molecular flexibility index (Phi) is 4.22. The minimum Gasteiger partial charge on any atom is -0.322 e. The van der Waals surface area contributed by atoms with Crippen molar-refractivity contribution in [1.82, 2.24) is 4.98 Å². The molecule has 1 heterocycles. The van der Waals surface area contributed by atoms with E-state index in [9.17, 15) is 4.79 Å². The third kappa shape index (κ3) is 2.96. The van der Waals surface area contributed by atoms with Crippen LogP contribution in [0.1, 0.15) is 21.5 Å². The Balaban J connectivity index is 2.28. The van der Waals surface area contributed by atoms with Crippen LogP contribution in [-0.2, 0) is 0 Å². The van der Waals surface area contributed by atoms with Crippen LogP contribution in [0.25, 0.3) is 0 Å². The summed E-state index contributed by atoms with van der Waals surface area (Å²) in [5.41, 5.74) is 3.70. The Hall–Kier alpha value is -1.81. The summed E-state index contributed by atoms with van der Waals surface area (Å²) in [6.45, 7) is 4.03. The molecule has 0 aliphatic heterocycles. The van der Waals surface area contributed by atoms with Gasteiger partial charge < -0.3 is 5.32 Å². The summed E-state index contributed by atoms with van der Waals surface area (Å²) < 4.78 is 0. The van der Waals surface area contributed by atoms with Crippen molar-refractivity contribution >= 4 is 23.4 Å². The van der Waals surface area contributed by atoms with Crippen LogP contribution < -0.4 is 5.32 Å².